The number of β-amino-alcohol motifs (C(OH)–C–C–N with tert-alkyl or cyclic N) is 1. The molecule has 52 heavy (non-hydrogen) atoms. The van der Waals surface area contributed by atoms with Gasteiger partial charge in [-0.1, -0.05) is 102 Å². The van der Waals surface area contributed by atoms with Crippen molar-refractivity contribution in [2.75, 3.05) is 13.2 Å². The molecular formula is C42H50N4O6. The third-order valence-electron chi connectivity index (χ3n) is 9.47. The minimum Gasteiger partial charge on any atom is -0.494 e. The van der Waals surface area contributed by atoms with Crippen molar-refractivity contribution in [3.8, 4) is 28.3 Å². The Morgan fingerprint density at radius 3 is 2.12 bits per heavy atom. The highest BCUT2D eigenvalue weighted by molar-refractivity contribution is 5.98. The molecule has 3 unspecified atom stereocenters. The maximum atomic E-state index is 13.8. The molecule has 274 valence electrons. The zero-order valence-electron chi connectivity index (χ0n) is 30.5. The lowest BCUT2D eigenvalue weighted by Crippen LogP contribution is -2.52. The minimum atomic E-state index is -1.20. The van der Waals surface area contributed by atoms with Crippen LogP contribution >= 0.6 is 0 Å². The van der Waals surface area contributed by atoms with Crippen LogP contribution in [0.4, 0.5) is 0 Å². The van der Waals surface area contributed by atoms with E-state index in [4.69, 9.17) is 4.74 Å². The van der Waals surface area contributed by atoms with Crippen LogP contribution < -0.4 is 10.1 Å². The van der Waals surface area contributed by atoms with Crippen molar-refractivity contribution in [3.05, 3.63) is 102 Å². The number of likely N-dealkylation sites (tertiary alicyclic amines) is 1. The number of aliphatic hydroxyl groups excluding tert-OH is 1. The molecule has 3 N–H and O–H groups in total. The lowest BCUT2D eigenvalue weighted by molar-refractivity contribution is -0.148. The third kappa shape index (κ3) is 10.0. The van der Waals surface area contributed by atoms with Crippen molar-refractivity contribution in [1.29, 1.82) is 0 Å². The number of hydrogen-bond acceptors (Lipinski definition) is 7. The largest absolute Gasteiger partial charge is 0.494 e. The molecule has 0 aliphatic carbocycles. The summed E-state index contributed by atoms with van der Waals surface area (Å²) in [5, 5.41) is 22.8. The van der Waals surface area contributed by atoms with Crippen molar-refractivity contribution in [2.24, 2.45) is 0 Å². The number of unbranched alkanes of at least 4 members (excludes halogenated alkanes) is 4. The van der Waals surface area contributed by atoms with E-state index in [0.29, 0.717) is 18.0 Å². The molecule has 1 saturated heterocycles. The van der Waals surface area contributed by atoms with Gasteiger partial charge in [0.1, 0.15) is 17.8 Å². The number of carboxylic acid groups (broad SMARTS) is 1. The summed E-state index contributed by atoms with van der Waals surface area (Å²) < 4.78 is 5.89. The van der Waals surface area contributed by atoms with Gasteiger partial charge in [0.25, 0.3) is 5.91 Å². The minimum absolute atomic E-state index is 0.0670. The van der Waals surface area contributed by atoms with E-state index in [-0.39, 0.29) is 24.8 Å². The maximum Gasteiger partial charge on any atom is 0.326 e. The number of benzene rings is 3. The number of carbonyl (C=O) groups is 3. The molecule has 0 spiro atoms. The molecule has 3 atom stereocenters. The van der Waals surface area contributed by atoms with Crippen LogP contribution in [0.25, 0.3) is 22.5 Å². The van der Waals surface area contributed by atoms with Crippen molar-refractivity contribution in [2.45, 2.75) is 96.2 Å². The molecule has 2 amide bonds. The van der Waals surface area contributed by atoms with E-state index in [2.05, 4.69) is 43.0 Å². The summed E-state index contributed by atoms with van der Waals surface area (Å²) >= 11 is 0. The molecule has 0 saturated carbocycles. The molecule has 0 bridgehead atoms. The predicted molar refractivity (Wildman–Crippen MR) is 201 cm³/mol. The number of amides is 2. The standard InChI is InChI=1S/C42H50N4O6/c1-5-6-7-8-9-22-52-35-20-16-29(17-21-35)32-25-43-38(44-26-32)30-12-10-28(11-13-30)23-36(40(49)46-27-34(47)24-37(46)41(50)51)45-39(48)31-14-18-33(19-15-31)42(2,3)4/h10-21,25-26,34,36-37,47H,5-9,22-24,27H2,1-4H3,(H,45,48)(H,50,51). The summed E-state index contributed by atoms with van der Waals surface area (Å²) in [6.07, 6.45) is 8.62. The fraction of sp³-hybridized carbons (Fsp3) is 0.405. The number of carboxylic acids is 1. The first-order chi connectivity index (χ1) is 24.9. The summed E-state index contributed by atoms with van der Waals surface area (Å²) in [7, 11) is 0. The molecule has 1 aromatic heterocycles. The number of ether oxygens (including phenoxy) is 1. The van der Waals surface area contributed by atoms with Gasteiger partial charge >= 0.3 is 5.97 Å². The van der Waals surface area contributed by atoms with Crippen molar-refractivity contribution in [3.63, 3.8) is 0 Å². The number of nitrogens with one attached hydrogen (secondary N) is 1. The van der Waals surface area contributed by atoms with E-state index < -0.39 is 36.0 Å². The second kappa shape index (κ2) is 17.4. The van der Waals surface area contributed by atoms with E-state index in [1.807, 2.05) is 60.7 Å². The van der Waals surface area contributed by atoms with Crippen molar-refractivity contribution >= 4 is 17.8 Å². The maximum absolute atomic E-state index is 13.8. The van der Waals surface area contributed by atoms with Crippen LogP contribution in [0.3, 0.4) is 0 Å². The van der Waals surface area contributed by atoms with E-state index in [0.717, 1.165) is 44.9 Å². The number of nitrogens with zero attached hydrogens (tertiary/aromatic N) is 3. The van der Waals surface area contributed by atoms with Crippen LogP contribution in [0, 0.1) is 0 Å². The first-order valence-corrected chi connectivity index (χ1v) is 18.2. The van der Waals surface area contributed by atoms with Crippen molar-refractivity contribution < 1.29 is 29.3 Å². The van der Waals surface area contributed by atoms with Gasteiger partial charge in [-0.3, -0.25) is 9.59 Å². The van der Waals surface area contributed by atoms with Crippen LogP contribution in [0.2, 0.25) is 0 Å². The first kappa shape index (κ1) is 38.1. The summed E-state index contributed by atoms with van der Waals surface area (Å²) in [5.41, 5.74) is 4.74. The molecule has 0 radical (unpaired) electrons. The Labute approximate surface area is 306 Å². The van der Waals surface area contributed by atoms with E-state index in [1.165, 1.54) is 25.7 Å². The summed E-state index contributed by atoms with van der Waals surface area (Å²) in [6, 6.07) is 20.3. The number of carbonyl (C=O) groups excluding carboxylic acids is 2. The Morgan fingerprint density at radius 1 is 0.865 bits per heavy atom. The average Bonchev–Trinajstić information content (AvgIpc) is 3.55. The predicted octanol–water partition coefficient (Wildman–Crippen LogP) is 6.84. The van der Waals surface area contributed by atoms with E-state index in [9.17, 15) is 24.6 Å². The van der Waals surface area contributed by atoms with Gasteiger partial charge in [0.15, 0.2) is 5.82 Å². The van der Waals surface area contributed by atoms with Gasteiger partial charge in [0, 0.05) is 48.5 Å². The molecule has 2 heterocycles. The van der Waals surface area contributed by atoms with Gasteiger partial charge in [-0.15, -0.1) is 0 Å². The molecule has 4 aromatic rings. The fourth-order valence-electron chi connectivity index (χ4n) is 6.35. The van der Waals surface area contributed by atoms with Gasteiger partial charge in [-0.25, -0.2) is 14.8 Å². The number of aliphatic carboxylic acids is 1. The molecule has 3 aromatic carbocycles. The monoisotopic (exact) mass is 706 g/mol. The quantitative estimate of drug-likeness (QED) is 0.114. The lowest BCUT2D eigenvalue weighted by atomic mass is 9.86. The number of hydrogen-bond donors (Lipinski definition) is 3. The van der Waals surface area contributed by atoms with Crippen LogP contribution in [-0.2, 0) is 21.4 Å². The van der Waals surface area contributed by atoms with Crippen LogP contribution in [0.15, 0.2) is 85.2 Å². The Morgan fingerprint density at radius 2 is 1.50 bits per heavy atom. The second-order valence-corrected chi connectivity index (χ2v) is 14.6. The summed E-state index contributed by atoms with van der Waals surface area (Å²) in [6.45, 7) is 9.05. The van der Waals surface area contributed by atoms with Gasteiger partial charge in [0.2, 0.25) is 5.91 Å². The van der Waals surface area contributed by atoms with Crippen molar-refractivity contribution in [1.82, 2.24) is 20.2 Å². The zero-order chi connectivity index (χ0) is 37.3. The van der Waals surface area contributed by atoms with Crippen LogP contribution in [0.1, 0.15) is 87.7 Å². The van der Waals surface area contributed by atoms with Gasteiger partial charge < -0.3 is 25.2 Å². The van der Waals surface area contributed by atoms with E-state index >= 15 is 0 Å². The second-order valence-electron chi connectivity index (χ2n) is 14.6. The summed E-state index contributed by atoms with van der Waals surface area (Å²) in [4.78, 5) is 49.5. The Hall–Kier alpha value is -5.09. The third-order valence-corrected chi connectivity index (χ3v) is 9.47. The molecule has 5 rings (SSSR count). The first-order valence-electron chi connectivity index (χ1n) is 18.2. The highest BCUT2D eigenvalue weighted by atomic mass is 16.5. The highest BCUT2D eigenvalue weighted by Gasteiger charge is 2.41. The number of aliphatic hydroxyl groups is 1. The Kier molecular flexibility index (Phi) is 12.8. The Bertz CT molecular complexity index is 1790. The molecule has 1 aliphatic rings. The molecule has 10 nitrogen and oxygen atoms in total. The van der Waals surface area contributed by atoms with Gasteiger partial charge in [-0.2, -0.15) is 0 Å². The summed E-state index contributed by atoms with van der Waals surface area (Å²) in [5.74, 6) is -0.829. The van der Waals surface area contributed by atoms with E-state index in [1.54, 1.807) is 24.5 Å². The van der Waals surface area contributed by atoms with Gasteiger partial charge in [0.05, 0.1) is 12.7 Å². The Balaban J connectivity index is 1.26. The average molecular weight is 707 g/mol. The normalized spacial score (nSPS) is 16.4. The number of aromatic nitrogens is 2. The SMILES string of the molecule is CCCCCCCOc1ccc(-c2cnc(-c3ccc(CC(NC(=O)c4ccc(C(C)(C)C)cc4)C(=O)N4CC(O)CC4C(=O)O)cc3)nc2)cc1. The molecule has 10 heteroatoms. The number of rotatable bonds is 15. The smallest absolute Gasteiger partial charge is 0.326 e. The topological polar surface area (TPSA) is 142 Å². The zero-order valence-corrected chi connectivity index (χ0v) is 30.5. The lowest BCUT2D eigenvalue weighted by Gasteiger charge is -2.27. The fourth-order valence-corrected chi connectivity index (χ4v) is 6.35. The molecular weight excluding hydrogens is 656 g/mol. The van der Waals surface area contributed by atoms with Crippen LogP contribution in [-0.4, -0.2) is 74.2 Å². The van der Waals surface area contributed by atoms with Gasteiger partial charge in [-0.05, 0) is 52.8 Å². The molecule has 1 aliphatic heterocycles. The van der Waals surface area contributed by atoms with Crippen LogP contribution in [0.5, 0.6) is 5.75 Å². The highest BCUT2D eigenvalue weighted by Crippen LogP contribution is 2.26. The molecule has 1 fully saturated rings.